The van der Waals surface area contributed by atoms with E-state index in [0.717, 1.165) is 42.2 Å². The summed E-state index contributed by atoms with van der Waals surface area (Å²) in [6, 6.07) is 6.25. The molecule has 2 aromatic heterocycles. The Bertz CT molecular complexity index is 695. The van der Waals surface area contributed by atoms with Crippen LogP contribution in [0.1, 0.15) is 39.6 Å². The first-order valence-corrected chi connectivity index (χ1v) is 8.91. The number of aryl methyl sites for hydroxylation is 1. The third-order valence-electron chi connectivity index (χ3n) is 4.46. The molecular formula is C18H23N3OS. The van der Waals surface area contributed by atoms with Crippen LogP contribution in [0.3, 0.4) is 0 Å². The van der Waals surface area contributed by atoms with E-state index >= 15 is 0 Å². The van der Waals surface area contributed by atoms with Gasteiger partial charge in [0.2, 0.25) is 0 Å². The largest absolute Gasteiger partial charge is 0.363 e. The van der Waals surface area contributed by atoms with Gasteiger partial charge in [-0.2, -0.15) is 0 Å². The fourth-order valence-electron chi connectivity index (χ4n) is 3.10. The molecule has 0 saturated carbocycles. The van der Waals surface area contributed by atoms with Crippen molar-refractivity contribution in [2.75, 3.05) is 32.1 Å². The molecule has 4 nitrogen and oxygen atoms in total. The zero-order valence-electron chi connectivity index (χ0n) is 14.0. The monoisotopic (exact) mass is 329 g/mol. The van der Waals surface area contributed by atoms with E-state index in [1.54, 1.807) is 11.3 Å². The molecule has 2 aromatic rings. The number of pyridine rings is 1. The second-order valence-corrected chi connectivity index (χ2v) is 7.28. The maximum atomic E-state index is 12.7. The van der Waals surface area contributed by atoms with Crippen molar-refractivity contribution >= 4 is 23.1 Å². The maximum Gasteiger partial charge on any atom is 0.264 e. The Labute approximate surface area is 141 Å². The molecular weight excluding hydrogens is 306 g/mol. The minimum atomic E-state index is 0.184. The summed E-state index contributed by atoms with van der Waals surface area (Å²) in [6.45, 7) is 3.67. The molecule has 0 spiro atoms. The van der Waals surface area contributed by atoms with Crippen LogP contribution in [0.25, 0.3) is 0 Å². The van der Waals surface area contributed by atoms with Gasteiger partial charge in [-0.1, -0.05) is 0 Å². The summed E-state index contributed by atoms with van der Waals surface area (Å²) >= 11 is 1.55. The number of thiophene rings is 1. The Hall–Kier alpha value is -1.88. The van der Waals surface area contributed by atoms with E-state index in [9.17, 15) is 4.79 Å². The van der Waals surface area contributed by atoms with Gasteiger partial charge in [0.05, 0.1) is 4.88 Å². The zero-order chi connectivity index (χ0) is 16.4. The molecule has 1 aliphatic heterocycles. The molecule has 1 atom stereocenters. The number of hydrogen-bond acceptors (Lipinski definition) is 4. The highest BCUT2D eigenvalue weighted by Gasteiger charge is 2.27. The molecule has 3 heterocycles. The smallest absolute Gasteiger partial charge is 0.264 e. The highest BCUT2D eigenvalue weighted by Crippen LogP contribution is 2.30. The average molecular weight is 329 g/mol. The molecule has 3 rings (SSSR count). The molecule has 1 saturated heterocycles. The first-order chi connectivity index (χ1) is 11.1. The van der Waals surface area contributed by atoms with Crippen LogP contribution in [-0.4, -0.2) is 43.0 Å². The molecule has 1 aliphatic rings. The second kappa shape index (κ2) is 6.71. The summed E-state index contributed by atoms with van der Waals surface area (Å²) in [5.74, 6) is 1.55. The molecule has 122 valence electrons. The number of hydrogen-bond donors (Lipinski definition) is 0. The fraction of sp³-hybridized carbons (Fsp3) is 0.444. The van der Waals surface area contributed by atoms with Crippen LogP contribution in [0.2, 0.25) is 0 Å². The summed E-state index contributed by atoms with van der Waals surface area (Å²) in [7, 11) is 4.00. The van der Waals surface area contributed by atoms with Crippen molar-refractivity contribution in [2.45, 2.75) is 25.7 Å². The topological polar surface area (TPSA) is 36.4 Å². The van der Waals surface area contributed by atoms with Crippen LogP contribution in [0.15, 0.2) is 29.8 Å². The van der Waals surface area contributed by atoms with E-state index in [-0.39, 0.29) is 5.91 Å². The first kappa shape index (κ1) is 16.0. The highest BCUT2D eigenvalue weighted by atomic mass is 32.1. The summed E-state index contributed by atoms with van der Waals surface area (Å²) in [5, 5.41) is 2.00. The second-order valence-electron chi connectivity index (χ2n) is 6.36. The van der Waals surface area contributed by atoms with Gasteiger partial charge < -0.3 is 9.80 Å². The number of aromatic nitrogens is 1. The van der Waals surface area contributed by atoms with E-state index in [4.69, 9.17) is 0 Å². The van der Waals surface area contributed by atoms with E-state index in [1.807, 2.05) is 48.5 Å². The lowest BCUT2D eigenvalue weighted by atomic mass is 9.91. The number of likely N-dealkylation sites (tertiary alicyclic amines) is 1. The summed E-state index contributed by atoms with van der Waals surface area (Å²) in [4.78, 5) is 22.1. The number of carbonyl (C=O) groups excluding carboxylic acids is 1. The Balaban J connectivity index is 1.77. The molecule has 23 heavy (non-hydrogen) atoms. The molecule has 1 fully saturated rings. The van der Waals surface area contributed by atoms with E-state index < -0.39 is 0 Å². The lowest BCUT2D eigenvalue weighted by Crippen LogP contribution is -2.39. The van der Waals surface area contributed by atoms with Crippen LogP contribution in [0, 0.1) is 6.92 Å². The first-order valence-electron chi connectivity index (χ1n) is 8.03. The predicted molar refractivity (Wildman–Crippen MR) is 95.5 cm³/mol. The maximum absolute atomic E-state index is 12.7. The average Bonchev–Trinajstić information content (AvgIpc) is 3.00. The van der Waals surface area contributed by atoms with Crippen LogP contribution >= 0.6 is 11.3 Å². The van der Waals surface area contributed by atoms with Gasteiger partial charge in [0.15, 0.2) is 0 Å². The standard InChI is InChI=1S/C18H23N3OS/c1-13-7-10-23-17(13)18(22)21-9-4-5-15(12-21)14-6-8-19-16(11-14)20(2)3/h6-8,10-11,15H,4-5,9,12H2,1-3H3/t15-/m0/s1. The Morgan fingerprint density at radius 3 is 2.91 bits per heavy atom. The van der Waals surface area contributed by atoms with Crippen molar-refractivity contribution in [1.29, 1.82) is 0 Å². The molecule has 0 unspecified atom stereocenters. The van der Waals surface area contributed by atoms with Crippen molar-refractivity contribution in [3.8, 4) is 0 Å². The summed E-state index contributed by atoms with van der Waals surface area (Å²) in [6.07, 6.45) is 4.05. The van der Waals surface area contributed by atoms with Crippen molar-refractivity contribution in [3.63, 3.8) is 0 Å². The third-order valence-corrected chi connectivity index (χ3v) is 5.47. The molecule has 1 amide bonds. The van der Waals surface area contributed by atoms with Crippen LogP contribution in [0.4, 0.5) is 5.82 Å². The lowest BCUT2D eigenvalue weighted by Gasteiger charge is -2.33. The van der Waals surface area contributed by atoms with Crippen LogP contribution in [-0.2, 0) is 0 Å². The number of carbonyl (C=O) groups is 1. The Morgan fingerprint density at radius 1 is 1.39 bits per heavy atom. The van der Waals surface area contributed by atoms with Crippen molar-refractivity contribution in [2.24, 2.45) is 0 Å². The number of piperidine rings is 1. The van der Waals surface area contributed by atoms with Gasteiger partial charge in [-0.05, 0) is 54.5 Å². The minimum Gasteiger partial charge on any atom is -0.363 e. The van der Waals surface area contributed by atoms with Gasteiger partial charge in [-0.25, -0.2) is 4.98 Å². The number of nitrogens with zero attached hydrogens (tertiary/aromatic N) is 3. The minimum absolute atomic E-state index is 0.184. The molecule has 0 N–H and O–H groups in total. The van der Waals surface area contributed by atoms with Crippen molar-refractivity contribution in [1.82, 2.24) is 9.88 Å². The highest BCUT2D eigenvalue weighted by molar-refractivity contribution is 7.12. The number of anilines is 1. The summed E-state index contributed by atoms with van der Waals surface area (Å²) in [5.41, 5.74) is 2.37. The lowest BCUT2D eigenvalue weighted by molar-refractivity contribution is 0.0711. The molecule has 0 aromatic carbocycles. The molecule has 5 heteroatoms. The van der Waals surface area contributed by atoms with Gasteiger partial charge in [-0.3, -0.25) is 4.79 Å². The normalized spacial score (nSPS) is 18.0. The Kier molecular flexibility index (Phi) is 4.66. The van der Waals surface area contributed by atoms with Gasteiger partial charge in [-0.15, -0.1) is 11.3 Å². The van der Waals surface area contributed by atoms with Gasteiger partial charge in [0.1, 0.15) is 5.82 Å². The SMILES string of the molecule is Cc1ccsc1C(=O)N1CCC[C@H](c2ccnc(N(C)C)c2)C1. The Morgan fingerprint density at radius 2 is 2.22 bits per heavy atom. The molecule has 0 aliphatic carbocycles. The fourth-order valence-corrected chi connectivity index (χ4v) is 3.99. The quantitative estimate of drug-likeness (QED) is 0.864. The van der Waals surface area contributed by atoms with E-state index in [1.165, 1.54) is 5.56 Å². The third kappa shape index (κ3) is 3.39. The molecule has 0 radical (unpaired) electrons. The predicted octanol–water partition coefficient (Wildman–Crippen LogP) is 3.54. The number of amides is 1. The van der Waals surface area contributed by atoms with Crippen LogP contribution < -0.4 is 4.90 Å². The van der Waals surface area contributed by atoms with Crippen LogP contribution in [0.5, 0.6) is 0 Å². The van der Waals surface area contributed by atoms with Crippen molar-refractivity contribution < 1.29 is 4.79 Å². The molecule has 0 bridgehead atoms. The van der Waals surface area contributed by atoms with E-state index in [2.05, 4.69) is 17.1 Å². The number of rotatable bonds is 3. The van der Waals surface area contributed by atoms with Gasteiger partial charge in [0, 0.05) is 39.3 Å². The summed E-state index contributed by atoms with van der Waals surface area (Å²) < 4.78 is 0. The van der Waals surface area contributed by atoms with Crippen molar-refractivity contribution in [3.05, 3.63) is 45.8 Å². The van der Waals surface area contributed by atoms with E-state index in [0.29, 0.717) is 5.92 Å². The van der Waals surface area contributed by atoms with Gasteiger partial charge in [0.25, 0.3) is 5.91 Å². The van der Waals surface area contributed by atoms with Gasteiger partial charge >= 0.3 is 0 Å². The zero-order valence-corrected chi connectivity index (χ0v) is 14.8.